The topological polar surface area (TPSA) is 86.0 Å². The molecule has 1 amide bonds. The van der Waals surface area contributed by atoms with Crippen molar-refractivity contribution in [2.75, 3.05) is 22.9 Å². The first-order chi connectivity index (χ1) is 12.2. The molecule has 0 saturated carbocycles. The maximum absolute atomic E-state index is 11.3. The standard InChI is InChI=1S/C17H16N6O2/c1-18-12-3-2-4-13(5-12)22-9-15-6-14(22)10-23(15)17-19-7-11(8-20-17)16(24)21-25/h2-5,7-8,14-15,25H,6,9-10H2,(H,21,24)/t14-,15-/m0/s1. The van der Waals surface area contributed by atoms with Crippen molar-refractivity contribution in [2.45, 2.75) is 18.5 Å². The molecule has 2 aliphatic heterocycles. The van der Waals surface area contributed by atoms with Crippen LogP contribution in [0, 0.1) is 6.57 Å². The van der Waals surface area contributed by atoms with Crippen molar-refractivity contribution in [3.05, 3.63) is 53.6 Å². The van der Waals surface area contributed by atoms with Crippen LogP contribution in [0.25, 0.3) is 4.85 Å². The highest BCUT2D eigenvalue weighted by atomic mass is 16.5. The minimum Gasteiger partial charge on any atom is -0.366 e. The number of hydrogen-bond acceptors (Lipinski definition) is 6. The lowest BCUT2D eigenvalue weighted by atomic mass is 10.2. The highest BCUT2D eigenvalue weighted by Gasteiger charge is 2.44. The minimum absolute atomic E-state index is 0.216. The van der Waals surface area contributed by atoms with Gasteiger partial charge in [-0.25, -0.2) is 20.3 Å². The van der Waals surface area contributed by atoms with Crippen LogP contribution in [-0.4, -0.2) is 46.3 Å². The molecule has 2 aromatic rings. The normalized spacial score (nSPS) is 21.3. The molecule has 0 aliphatic carbocycles. The fourth-order valence-electron chi connectivity index (χ4n) is 3.62. The zero-order chi connectivity index (χ0) is 17.4. The summed E-state index contributed by atoms with van der Waals surface area (Å²) >= 11 is 0. The summed E-state index contributed by atoms with van der Waals surface area (Å²) in [5.41, 5.74) is 3.52. The van der Waals surface area contributed by atoms with Crippen LogP contribution in [-0.2, 0) is 0 Å². The third kappa shape index (κ3) is 2.64. The number of hydrogen-bond donors (Lipinski definition) is 2. The molecule has 8 nitrogen and oxygen atoms in total. The van der Waals surface area contributed by atoms with Crippen LogP contribution in [0.15, 0.2) is 36.7 Å². The van der Waals surface area contributed by atoms with Crippen molar-refractivity contribution in [3.8, 4) is 0 Å². The van der Waals surface area contributed by atoms with Gasteiger partial charge in [-0.05, 0) is 18.6 Å². The molecule has 2 atom stereocenters. The number of amides is 1. The van der Waals surface area contributed by atoms with Crippen LogP contribution >= 0.6 is 0 Å². The Morgan fingerprint density at radius 3 is 2.60 bits per heavy atom. The van der Waals surface area contributed by atoms with Gasteiger partial charge in [-0.3, -0.25) is 10.0 Å². The number of nitrogens with one attached hydrogen (secondary N) is 1. The van der Waals surface area contributed by atoms with Gasteiger partial charge < -0.3 is 9.80 Å². The molecule has 2 aliphatic rings. The van der Waals surface area contributed by atoms with Crippen LogP contribution < -0.4 is 15.3 Å². The number of nitrogens with zero attached hydrogens (tertiary/aromatic N) is 5. The lowest BCUT2D eigenvalue weighted by Gasteiger charge is -2.35. The summed E-state index contributed by atoms with van der Waals surface area (Å²) in [4.78, 5) is 27.8. The number of carbonyl (C=O) groups is 1. The molecule has 4 rings (SSSR count). The van der Waals surface area contributed by atoms with Crippen LogP contribution in [0.5, 0.6) is 0 Å². The lowest BCUT2D eigenvalue weighted by molar-refractivity contribution is 0.0705. The monoisotopic (exact) mass is 336 g/mol. The molecular formula is C17H16N6O2. The van der Waals surface area contributed by atoms with E-state index in [0.717, 1.165) is 25.2 Å². The largest absolute Gasteiger partial charge is 0.366 e. The van der Waals surface area contributed by atoms with Gasteiger partial charge in [-0.2, -0.15) is 0 Å². The molecule has 0 radical (unpaired) electrons. The second-order valence-corrected chi connectivity index (χ2v) is 6.19. The van der Waals surface area contributed by atoms with Gasteiger partial charge in [-0.1, -0.05) is 12.1 Å². The van der Waals surface area contributed by atoms with Crippen molar-refractivity contribution in [1.29, 1.82) is 0 Å². The van der Waals surface area contributed by atoms with E-state index >= 15 is 0 Å². The number of hydroxylamine groups is 1. The highest BCUT2D eigenvalue weighted by Crippen LogP contribution is 2.37. The van der Waals surface area contributed by atoms with Gasteiger partial charge in [0.15, 0.2) is 5.69 Å². The van der Waals surface area contributed by atoms with Crippen LogP contribution in [0.2, 0.25) is 0 Å². The van der Waals surface area contributed by atoms with E-state index in [1.807, 2.05) is 24.3 Å². The van der Waals surface area contributed by atoms with Crippen molar-refractivity contribution in [1.82, 2.24) is 15.4 Å². The number of benzene rings is 1. The Morgan fingerprint density at radius 2 is 1.96 bits per heavy atom. The van der Waals surface area contributed by atoms with Crippen molar-refractivity contribution in [2.24, 2.45) is 0 Å². The fraction of sp³-hybridized carbons (Fsp3) is 0.294. The van der Waals surface area contributed by atoms with Gasteiger partial charge >= 0.3 is 0 Å². The smallest absolute Gasteiger partial charge is 0.277 e. The number of fused-ring (bicyclic) bond motifs is 2. The molecule has 1 aromatic heterocycles. The van der Waals surface area contributed by atoms with E-state index in [2.05, 4.69) is 24.6 Å². The third-order valence-electron chi connectivity index (χ3n) is 4.79. The Bertz CT molecular complexity index is 847. The number of carbonyl (C=O) groups excluding carboxylic acids is 1. The first-order valence-corrected chi connectivity index (χ1v) is 7.97. The number of rotatable bonds is 3. The Morgan fingerprint density at radius 1 is 1.24 bits per heavy atom. The molecule has 0 spiro atoms. The Labute approximate surface area is 144 Å². The summed E-state index contributed by atoms with van der Waals surface area (Å²) in [5, 5.41) is 8.64. The molecule has 0 unspecified atom stereocenters. The van der Waals surface area contributed by atoms with Crippen molar-refractivity contribution in [3.63, 3.8) is 0 Å². The van der Waals surface area contributed by atoms with E-state index in [1.165, 1.54) is 12.4 Å². The zero-order valence-corrected chi connectivity index (χ0v) is 13.3. The van der Waals surface area contributed by atoms with Gasteiger partial charge in [0.2, 0.25) is 5.95 Å². The van der Waals surface area contributed by atoms with E-state index in [4.69, 9.17) is 11.8 Å². The number of aromatic nitrogens is 2. The van der Waals surface area contributed by atoms with Gasteiger partial charge in [0.1, 0.15) is 0 Å². The van der Waals surface area contributed by atoms with Gasteiger partial charge in [-0.15, -0.1) is 0 Å². The summed E-state index contributed by atoms with van der Waals surface area (Å²) in [5.74, 6) is -0.0306. The van der Waals surface area contributed by atoms with Gasteiger partial charge in [0.25, 0.3) is 5.91 Å². The molecule has 8 heteroatoms. The quantitative estimate of drug-likeness (QED) is 0.503. The van der Waals surface area contributed by atoms with Crippen LogP contribution in [0.4, 0.5) is 17.3 Å². The molecule has 25 heavy (non-hydrogen) atoms. The molecule has 2 saturated heterocycles. The van der Waals surface area contributed by atoms with E-state index in [9.17, 15) is 4.79 Å². The van der Waals surface area contributed by atoms with Gasteiger partial charge in [0.05, 0.1) is 18.2 Å². The predicted octanol–water partition coefficient (Wildman–Crippen LogP) is 1.61. The lowest BCUT2D eigenvalue weighted by Crippen LogP contribution is -2.47. The van der Waals surface area contributed by atoms with E-state index in [1.54, 1.807) is 5.48 Å². The van der Waals surface area contributed by atoms with Crippen LogP contribution in [0.1, 0.15) is 16.8 Å². The van der Waals surface area contributed by atoms with Crippen molar-refractivity contribution >= 4 is 23.2 Å². The molecule has 1 aromatic carbocycles. The van der Waals surface area contributed by atoms with Crippen LogP contribution in [0.3, 0.4) is 0 Å². The van der Waals surface area contributed by atoms with E-state index in [0.29, 0.717) is 23.7 Å². The summed E-state index contributed by atoms with van der Waals surface area (Å²) in [6, 6.07) is 8.36. The molecular weight excluding hydrogens is 320 g/mol. The second-order valence-electron chi connectivity index (χ2n) is 6.19. The number of anilines is 2. The summed E-state index contributed by atoms with van der Waals surface area (Å²) < 4.78 is 0. The predicted molar refractivity (Wildman–Crippen MR) is 90.9 cm³/mol. The Hall–Kier alpha value is -3.18. The zero-order valence-electron chi connectivity index (χ0n) is 13.3. The molecule has 2 bridgehead atoms. The molecule has 126 valence electrons. The molecule has 2 N–H and O–H groups in total. The first kappa shape index (κ1) is 15.4. The van der Waals surface area contributed by atoms with E-state index < -0.39 is 5.91 Å². The first-order valence-electron chi connectivity index (χ1n) is 7.97. The fourth-order valence-corrected chi connectivity index (χ4v) is 3.62. The maximum atomic E-state index is 11.3. The highest BCUT2D eigenvalue weighted by molar-refractivity contribution is 5.92. The Balaban J connectivity index is 1.49. The van der Waals surface area contributed by atoms with Gasteiger partial charge in [0, 0.05) is 37.2 Å². The maximum Gasteiger partial charge on any atom is 0.277 e. The Kier molecular flexibility index (Phi) is 3.71. The summed E-state index contributed by atoms with van der Waals surface area (Å²) in [6.07, 6.45) is 3.85. The minimum atomic E-state index is -0.625. The summed E-state index contributed by atoms with van der Waals surface area (Å²) in [7, 11) is 0. The van der Waals surface area contributed by atoms with E-state index in [-0.39, 0.29) is 5.56 Å². The van der Waals surface area contributed by atoms with Crippen molar-refractivity contribution < 1.29 is 10.0 Å². The second kappa shape index (κ2) is 6.03. The molecule has 3 heterocycles. The number of piperazine rings is 1. The molecule has 2 fully saturated rings. The average molecular weight is 336 g/mol. The SMILES string of the molecule is [C-]#[N+]c1cccc(N2C[C@@H]3C[C@H]2CN3c2ncc(C(=O)NO)cn2)c1. The summed E-state index contributed by atoms with van der Waals surface area (Å²) in [6.45, 7) is 8.82. The third-order valence-corrected chi connectivity index (χ3v) is 4.79. The average Bonchev–Trinajstić information content (AvgIpc) is 3.28.